The summed E-state index contributed by atoms with van der Waals surface area (Å²) in [6.45, 7) is 0.705. The van der Waals surface area contributed by atoms with Crippen molar-refractivity contribution in [3.63, 3.8) is 0 Å². The molecule has 0 spiro atoms. The van der Waals surface area contributed by atoms with Crippen LogP contribution in [0.25, 0.3) is 0 Å². The van der Waals surface area contributed by atoms with Gasteiger partial charge in [-0.05, 0) is 62.5 Å². The van der Waals surface area contributed by atoms with Crippen LogP contribution in [-0.2, 0) is 56.0 Å². The van der Waals surface area contributed by atoms with E-state index in [4.69, 9.17) is 27.1 Å². The molecule has 2 aromatic carbocycles. The Labute approximate surface area is 399 Å². The molecule has 2 aromatic rings. The fourth-order valence-electron chi connectivity index (χ4n) is 8.51. The Morgan fingerprint density at radius 1 is 0.681 bits per heavy atom. The number of aliphatic carboxylic acids is 2. The van der Waals surface area contributed by atoms with Gasteiger partial charge in [0, 0.05) is 45.9 Å². The van der Waals surface area contributed by atoms with Crippen LogP contribution in [0.4, 0.5) is 0 Å². The largest absolute Gasteiger partial charge is 0.481 e. The number of guanidine groups is 1. The zero-order valence-electron chi connectivity index (χ0n) is 38.7. The Morgan fingerprint density at radius 2 is 1.19 bits per heavy atom. The SMILES string of the molecule is CC(=O)O.NC(N)=NCCC[C@@H](N)C(=O)N1CCC[C@H]1C(=O)N1CCC[C@@H]1C(=O)NCC(=O)N[C@@H](Cc1ccccc1)C(=O)N[C@@H](CO)C(=O)N1CCC[C@H]1C(=O)N[C@@H](Cc1ccccc1)C(=O)O. The summed E-state index contributed by atoms with van der Waals surface area (Å²) in [7, 11) is 0. The van der Waals surface area contributed by atoms with Crippen molar-refractivity contribution < 1.29 is 58.5 Å². The highest BCUT2D eigenvalue weighted by Gasteiger charge is 2.43. The molecular formula is C46H65N11O12. The lowest BCUT2D eigenvalue weighted by molar-refractivity contribution is -0.147. The lowest BCUT2D eigenvalue weighted by atomic mass is 10.0. The number of nitrogens with two attached hydrogens (primary N) is 3. The molecule has 376 valence electrons. The normalized spacial score (nSPS) is 19.1. The Bertz CT molecular complexity index is 2140. The van der Waals surface area contributed by atoms with E-state index in [-0.39, 0.29) is 50.1 Å². The van der Waals surface area contributed by atoms with Gasteiger partial charge in [-0.25, -0.2) is 4.79 Å². The molecule has 3 aliphatic rings. The van der Waals surface area contributed by atoms with Crippen LogP contribution in [0.3, 0.4) is 0 Å². The molecule has 0 radical (unpaired) electrons. The van der Waals surface area contributed by atoms with E-state index >= 15 is 0 Å². The molecule has 13 N–H and O–H groups in total. The molecule has 0 bridgehead atoms. The number of hydrogen-bond acceptors (Lipinski definition) is 12. The predicted molar refractivity (Wildman–Crippen MR) is 249 cm³/mol. The quantitative estimate of drug-likeness (QED) is 0.0353. The highest BCUT2D eigenvalue weighted by Crippen LogP contribution is 2.26. The van der Waals surface area contributed by atoms with Gasteiger partial charge in [-0.2, -0.15) is 0 Å². The van der Waals surface area contributed by atoms with E-state index in [1.807, 2.05) is 0 Å². The number of amides is 7. The minimum atomic E-state index is -1.52. The van der Waals surface area contributed by atoms with Gasteiger partial charge in [0.15, 0.2) is 5.96 Å². The number of aliphatic hydroxyl groups excluding tert-OH is 1. The van der Waals surface area contributed by atoms with Crippen molar-refractivity contribution in [2.75, 3.05) is 39.3 Å². The average molecular weight is 964 g/mol. The van der Waals surface area contributed by atoms with Gasteiger partial charge in [-0.15, -0.1) is 0 Å². The average Bonchev–Trinajstić information content (AvgIpc) is 4.13. The van der Waals surface area contributed by atoms with Gasteiger partial charge in [-0.1, -0.05) is 60.7 Å². The molecule has 7 atom stereocenters. The smallest absolute Gasteiger partial charge is 0.326 e. The second kappa shape index (κ2) is 27.0. The lowest BCUT2D eigenvalue weighted by Gasteiger charge is -2.32. The summed E-state index contributed by atoms with van der Waals surface area (Å²) in [4.78, 5) is 124. The van der Waals surface area contributed by atoms with Gasteiger partial charge in [0.1, 0.15) is 36.3 Å². The van der Waals surface area contributed by atoms with Crippen LogP contribution >= 0.6 is 0 Å². The van der Waals surface area contributed by atoms with Crippen molar-refractivity contribution in [1.82, 2.24) is 36.0 Å². The summed E-state index contributed by atoms with van der Waals surface area (Å²) in [5.41, 5.74) is 18.2. The first-order chi connectivity index (χ1) is 32.9. The van der Waals surface area contributed by atoms with Crippen molar-refractivity contribution >= 4 is 59.2 Å². The summed E-state index contributed by atoms with van der Waals surface area (Å²) < 4.78 is 0. The summed E-state index contributed by atoms with van der Waals surface area (Å²) in [6, 6.07) is 9.74. The number of nitrogens with one attached hydrogen (secondary N) is 4. The number of carbonyl (C=O) groups excluding carboxylic acids is 7. The van der Waals surface area contributed by atoms with E-state index in [0.29, 0.717) is 69.2 Å². The van der Waals surface area contributed by atoms with Crippen molar-refractivity contribution in [1.29, 1.82) is 0 Å². The third-order valence-electron chi connectivity index (χ3n) is 11.8. The second-order valence-electron chi connectivity index (χ2n) is 17.0. The van der Waals surface area contributed by atoms with Crippen LogP contribution in [0, 0.1) is 0 Å². The number of benzene rings is 2. The zero-order chi connectivity index (χ0) is 50.6. The zero-order valence-corrected chi connectivity index (χ0v) is 38.7. The van der Waals surface area contributed by atoms with E-state index in [9.17, 15) is 48.6 Å². The number of likely N-dealkylation sites (tertiary alicyclic amines) is 3. The first-order valence-electron chi connectivity index (χ1n) is 22.9. The maximum Gasteiger partial charge on any atom is 0.326 e. The molecule has 3 aliphatic heterocycles. The number of aliphatic imine (C=N–C) groups is 1. The molecule has 5 rings (SSSR count). The van der Waals surface area contributed by atoms with Crippen molar-refractivity contribution in [3.8, 4) is 0 Å². The van der Waals surface area contributed by atoms with E-state index in [1.165, 1.54) is 14.7 Å². The number of carbonyl (C=O) groups is 9. The summed E-state index contributed by atoms with van der Waals surface area (Å²) in [6.07, 6.45) is 3.23. The molecule has 7 amide bonds. The number of rotatable bonds is 21. The third-order valence-corrected chi connectivity index (χ3v) is 11.8. The van der Waals surface area contributed by atoms with E-state index in [1.54, 1.807) is 60.7 Å². The van der Waals surface area contributed by atoms with Gasteiger partial charge >= 0.3 is 5.97 Å². The maximum atomic E-state index is 13.8. The Kier molecular flexibility index (Phi) is 21.3. The third kappa shape index (κ3) is 16.6. The molecule has 23 nitrogen and oxygen atoms in total. The molecule has 0 aliphatic carbocycles. The maximum absolute atomic E-state index is 13.8. The number of hydrogen-bond donors (Lipinski definition) is 10. The van der Waals surface area contributed by atoms with Crippen molar-refractivity contribution in [2.24, 2.45) is 22.2 Å². The molecule has 3 fully saturated rings. The van der Waals surface area contributed by atoms with E-state index in [2.05, 4.69) is 26.3 Å². The molecule has 69 heavy (non-hydrogen) atoms. The summed E-state index contributed by atoms with van der Waals surface area (Å²) in [5, 5.41) is 37.8. The Morgan fingerprint density at radius 3 is 1.72 bits per heavy atom. The highest BCUT2D eigenvalue weighted by molar-refractivity contribution is 5.97. The number of nitrogens with zero attached hydrogens (tertiary/aromatic N) is 4. The topological polar surface area (TPSA) is 363 Å². The molecule has 3 saturated heterocycles. The van der Waals surface area contributed by atoms with E-state index in [0.717, 1.165) is 6.92 Å². The van der Waals surface area contributed by atoms with Crippen LogP contribution < -0.4 is 38.5 Å². The summed E-state index contributed by atoms with van der Waals surface area (Å²) in [5.74, 6) is -6.54. The molecule has 0 aromatic heterocycles. The van der Waals surface area contributed by atoms with Crippen LogP contribution in [0.5, 0.6) is 0 Å². The van der Waals surface area contributed by atoms with Crippen LogP contribution in [0.15, 0.2) is 65.7 Å². The standard InChI is InChI=1S/C44H61N11O10.C2H4O2/c45-29(15-7-19-48-44(46)47)40(61)55-22-10-18-35(55)42(63)54-21-8-16-33(54)38(59)49-25-36(57)50-30(23-27-11-3-1-4-12-27)37(58)52-32(26-56)41(62)53-20-9-17-34(53)39(60)51-31(43(64)65)24-28-13-5-2-6-14-28;1-2(3)4/h1-6,11-14,29-35,56H,7-10,15-26,45H2,(H,49,59)(H,50,57)(H,51,60)(H,52,58)(H,64,65)(H4,46,47,48);1H3,(H,3,4)/t29-,30+,31+,32+,33-,34+,35+;/m1./s1. The van der Waals surface area contributed by atoms with Gasteiger partial charge in [0.25, 0.3) is 5.97 Å². The van der Waals surface area contributed by atoms with Crippen molar-refractivity contribution in [2.45, 2.75) is 113 Å². The molecule has 0 saturated carbocycles. The number of carboxylic acid groups (broad SMARTS) is 2. The lowest BCUT2D eigenvalue weighted by Crippen LogP contribution is -2.59. The molecule has 23 heteroatoms. The van der Waals surface area contributed by atoms with Gasteiger partial charge < -0.3 is 68.5 Å². The molecule has 0 unspecified atom stereocenters. The minimum Gasteiger partial charge on any atom is -0.481 e. The molecule has 3 heterocycles. The van der Waals surface area contributed by atoms with Gasteiger partial charge in [-0.3, -0.25) is 43.3 Å². The van der Waals surface area contributed by atoms with Crippen LogP contribution in [0.1, 0.15) is 69.4 Å². The van der Waals surface area contributed by atoms with Crippen LogP contribution in [0.2, 0.25) is 0 Å². The fourth-order valence-corrected chi connectivity index (χ4v) is 8.51. The van der Waals surface area contributed by atoms with Crippen LogP contribution in [-0.4, -0.2) is 171 Å². The summed E-state index contributed by atoms with van der Waals surface area (Å²) >= 11 is 0. The van der Waals surface area contributed by atoms with Gasteiger partial charge in [0.2, 0.25) is 41.4 Å². The van der Waals surface area contributed by atoms with E-state index < -0.39 is 96.9 Å². The van der Waals surface area contributed by atoms with Crippen molar-refractivity contribution in [3.05, 3.63) is 71.8 Å². The Balaban J connectivity index is 0.00000249. The second-order valence-corrected chi connectivity index (χ2v) is 17.0. The minimum absolute atomic E-state index is 0.0128. The first-order valence-corrected chi connectivity index (χ1v) is 22.9. The first kappa shape index (κ1) is 54.5. The number of aliphatic hydroxyl groups is 1. The number of carboxylic acids is 2. The fraction of sp³-hybridized carbons (Fsp3) is 0.522. The van der Waals surface area contributed by atoms with Gasteiger partial charge in [0.05, 0.1) is 19.2 Å². The monoisotopic (exact) mass is 963 g/mol. The molecular weight excluding hydrogens is 899 g/mol. The Hall–Kier alpha value is -7.14. The highest BCUT2D eigenvalue weighted by atomic mass is 16.4. The predicted octanol–water partition coefficient (Wildman–Crippen LogP) is -2.44.